The lowest BCUT2D eigenvalue weighted by atomic mass is 10.1. The first-order valence-electron chi connectivity index (χ1n) is 7.10. The third-order valence-corrected chi connectivity index (χ3v) is 4.11. The molecule has 22 heavy (non-hydrogen) atoms. The van der Waals surface area contributed by atoms with Crippen molar-refractivity contribution >= 4 is 22.4 Å². The van der Waals surface area contributed by atoms with Crippen molar-refractivity contribution in [3.8, 4) is 0 Å². The summed E-state index contributed by atoms with van der Waals surface area (Å²) in [6.45, 7) is 0. The van der Waals surface area contributed by atoms with Gasteiger partial charge in [-0.15, -0.1) is 11.3 Å². The molecule has 1 aromatic carbocycles. The third-order valence-electron chi connectivity index (χ3n) is 3.20. The fourth-order valence-electron chi connectivity index (χ4n) is 2.12. The van der Waals surface area contributed by atoms with E-state index in [1.807, 2.05) is 36.5 Å². The summed E-state index contributed by atoms with van der Waals surface area (Å²) < 4.78 is 5.21. The van der Waals surface area contributed by atoms with Crippen LogP contribution in [0.25, 0.3) is 0 Å². The van der Waals surface area contributed by atoms with E-state index in [1.165, 1.54) is 16.9 Å². The van der Waals surface area contributed by atoms with E-state index in [2.05, 4.69) is 22.4 Å². The molecule has 0 fully saturated rings. The fraction of sp³-hybridized carbons (Fsp3) is 0.176. The maximum absolute atomic E-state index is 11.9. The third kappa shape index (κ3) is 4.05. The van der Waals surface area contributed by atoms with Crippen LogP contribution in [-0.4, -0.2) is 10.9 Å². The number of nitrogens with one attached hydrogen (secondary N) is 1. The first-order valence-corrected chi connectivity index (χ1v) is 7.92. The number of carbonyl (C=O) groups excluding carboxylic acids is 1. The van der Waals surface area contributed by atoms with Gasteiger partial charge in [-0.3, -0.25) is 4.79 Å². The summed E-state index contributed by atoms with van der Waals surface area (Å²) in [5.74, 6) is 0.774. The minimum Gasteiger partial charge on any atom is -0.469 e. The SMILES string of the molecule is O=C(CCc1ccco1)Nc1ncc(Cc2ccccc2)s1. The van der Waals surface area contributed by atoms with Crippen LogP contribution in [0.3, 0.4) is 0 Å². The second-order valence-corrected chi connectivity index (χ2v) is 6.04. The highest BCUT2D eigenvalue weighted by Gasteiger charge is 2.08. The lowest BCUT2D eigenvalue weighted by Crippen LogP contribution is -2.11. The number of benzene rings is 1. The van der Waals surface area contributed by atoms with Gasteiger partial charge in [0.25, 0.3) is 0 Å². The van der Waals surface area contributed by atoms with Crippen LogP contribution in [0.15, 0.2) is 59.3 Å². The van der Waals surface area contributed by atoms with Crippen LogP contribution in [0.5, 0.6) is 0 Å². The number of aryl methyl sites for hydroxylation is 1. The number of hydrogen-bond acceptors (Lipinski definition) is 4. The Kier molecular flexibility index (Phi) is 4.65. The smallest absolute Gasteiger partial charge is 0.226 e. The van der Waals surface area contributed by atoms with Crippen LogP contribution in [-0.2, 0) is 17.6 Å². The molecule has 1 N–H and O–H groups in total. The van der Waals surface area contributed by atoms with Crippen LogP contribution in [0, 0.1) is 0 Å². The first kappa shape index (κ1) is 14.5. The summed E-state index contributed by atoms with van der Waals surface area (Å²) >= 11 is 1.51. The van der Waals surface area contributed by atoms with Crippen molar-refractivity contribution in [1.29, 1.82) is 0 Å². The number of anilines is 1. The Morgan fingerprint density at radius 1 is 1.18 bits per heavy atom. The summed E-state index contributed by atoms with van der Waals surface area (Å²) in [5, 5.41) is 3.49. The van der Waals surface area contributed by atoms with Crippen molar-refractivity contribution in [3.63, 3.8) is 0 Å². The molecule has 0 radical (unpaired) electrons. The van der Waals surface area contributed by atoms with Gasteiger partial charge < -0.3 is 9.73 Å². The second-order valence-electron chi connectivity index (χ2n) is 4.92. The Hall–Kier alpha value is -2.40. The van der Waals surface area contributed by atoms with Gasteiger partial charge in [0.2, 0.25) is 5.91 Å². The summed E-state index contributed by atoms with van der Waals surface area (Å²) in [4.78, 5) is 17.3. The number of aromatic nitrogens is 1. The van der Waals surface area contributed by atoms with E-state index < -0.39 is 0 Å². The minimum atomic E-state index is -0.0444. The summed E-state index contributed by atoms with van der Waals surface area (Å²) in [5.41, 5.74) is 1.24. The zero-order valence-corrected chi connectivity index (χ0v) is 12.8. The molecule has 0 spiro atoms. The Balaban J connectivity index is 1.51. The van der Waals surface area contributed by atoms with E-state index >= 15 is 0 Å². The number of furan rings is 1. The molecular weight excluding hydrogens is 296 g/mol. The number of amides is 1. The van der Waals surface area contributed by atoms with Gasteiger partial charge in [0.1, 0.15) is 5.76 Å². The van der Waals surface area contributed by atoms with E-state index in [9.17, 15) is 4.79 Å². The molecule has 112 valence electrons. The highest BCUT2D eigenvalue weighted by Crippen LogP contribution is 2.21. The highest BCUT2D eigenvalue weighted by molar-refractivity contribution is 7.15. The van der Waals surface area contributed by atoms with Gasteiger partial charge in [0.15, 0.2) is 5.13 Å². The fourth-order valence-corrected chi connectivity index (χ4v) is 2.98. The molecule has 3 aromatic rings. The molecule has 0 aliphatic heterocycles. The zero-order chi connectivity index (χ0) is 15.2. The van der Waals surface area contributed by atoms with E-state index in [1.54, 1.807) is 6.26 Å². The molecule has 4 nitrogen and oxygen atoms in total. The Morgan fingerprint density at radius 2 is 2.05 bits per heavy atom. The van der Waals surface area contributed by atoms with Gasteiger partial charge in [-0.2, -0.15) is 0 Å². The minimum absolute atomic E-state index is 0.0444. The van der Waals surface area contributed by atoms with Crippen LogP contribution < -0.4 is 5.32 Å². The van der Waals surface area contributed by atoms with Crippen molar-refractivity contribution < 1.29 is 9.21 Å². The molecule has 3 rings (SSSR count). The molecule has 0 saturated carbocycles. The first-order chi connectivity index (χ1) is 10.8. The number of nitrogens with zero attached hydrogens (tertiary/aromatic N) is 1. The number of thiazole rings is 1. The average molecular weight is 312 g/mol. The van der Waals surface area contributed by atoms with Crippen molar-refractivity contribution in [3.05, 3.63) is 71.1 Å². The molecule has 2 aromatic heterocycles. The van der Waals surface area contributed by atoms with E-state index in [0.29, 0.717) is 18.0 Å². The van der Waals surface area contributed by atoms with Crippen molar-refractivity contribution in [2.24, 2.45) is 0 Å². The maximum atomic E-state index is 11.9. The summed E-state index contributed by atoms with van der Waals surface area (Å²) in [6, 6.07) is 13.9. The quantitative estimate of drug-likeness (QED) is 0.751. The Bertz CT molecular complexity index is 720. The number of carbonyl (C=O) groups is 1. The topological polar surface area (TPSA) is 55.1 Å². The van der Waals surface area contributed by atoms with Gasteiger partial charge in [-0.25, -0.2) is 4.98 Å². The van der Waals surface area contributed by atoms with E-state index in [0.717, 1.165) is 17.1 Å². The zero-order valence-electron chi connectivity index (χ0n) is 12.0. The Labute approximate surface area is 132 Å². The van der Waals surface area contributed by atoms with Crippen LogP contribution in [0.1, 0.15) is 22.6 Å². The Morgan fingerprint density at radius 3 is 2.82 bits per heavy atom. The lowest BCUT2D eigenvalue weighted by molar-refractivity contribution is -0.116. The molecule has 2 heterocycles. The molecule has 0 atom stereocenters. The standard InChI is InChI=1S/C17H16N2O2S/c20-16(9-8-14-7-4-10-21-14)19-17-18-12-15(22-17)11-13-5-2-1-3-6-13/h1-7,10,12H,8-9,11H2,(H,18,19,20). The number of hydrogen-bond donors (Lipinski definition) is 1. The monoisotopic (exact) mass is 312 g/mol. The molecule has 0 aliphatic carbocycles. The molecule has 0 saturated heterocycles. The molecule has 0 unspecified atom stereocenters. The van der Waals surface area contributed by atoms with Gasteiger partial charge in [-0.1, -0.05) is 30.3 Å². The van der Waals surface area contributed by atoms with Gasteiger partial charge in [0.05, 0.1) is 6.26 Å². The predicted molar refractivity (Wildman–Crippen MR) is 87.0 cm³/mol. The van der Waals surface area contributed by atoms with E-state index in [4.69, 9.17) is 4.42 Å². The van der Waals surface area contributed by atoms with E-state index in [-0.39, 0.29) is 5.91 Å². The molecule has 1 amide bonds. The molecule has 0 aliphatic rings. The van der Waals surface area contributed by atoms with Crippen molar-refractivity contribution in [1.82, 2.24) is 4.98 Å². The van der Waals surface area contributed by atoms with Gasteiger partial charge >= 0.3 is 0 Å². The van der Waals surface area contributed by atoms with Crippen LogP contribution >= 0.6 is 11.3 Å². The van der Waals surface area contributed by atoms with Gasteiger partial charge in [0, 0.05) is 30.3 Å². The molecule has 5 heteroatoms. The molecule has 0 bridgehead atoms. The summed E-state index contributed by atoms with van der Waals surface area (Å²) in [7, 11) is 0. The second kappa shape index (κ2) is 7.04. The average Bonchev–Trinajstić information content (AvgIpc) is 3.18. The van der Waals surface area contributed by atoms with Crippen molar-refractivity contribution in [2.45, 2.75) is 19.3 Å². The largest absolute Gasteiger partial charge is 0.469 e. The maximum Gasteiger partial charge on any atom is 0.226 e. The molecular formula is C17H16N2O2S. The number of rotatable bonds is 6. The lowest BCUT2D eigenvalue weighted by Gasteiger charge is -2.00. The predicted octanol–water partition coefficient (Wildman–Crippen LogP) is 3.90. The van der Waals surface area contributed by atoms with Crippen LogP contribution in [0.4, 0.5) is 5.13 Å². The summed E-state index contributed by atoms with van der Waals surface area (Å²) in [6.07, 6.45) is 5.26. The highest BCUT2D eigenvalue weighted by atomic mass is 32.1. The van der Waals surface area contributed by atoms with Crippen LogP contribution in [0.2, 0.25) is 0 Å². The normalized spacial score (nSPS) is 10.5. The van der Waals surface area contributed by atoms with Crippen molar-refractivity contribution in [2.75, 3.05) is 5.32 Å². The van der Waals surface area contributed by atoms with Gasteiger partial charge in [-0.05, 0) is 17.7 Å².